The molecule has 0 bridgehead atoms. The van der Waals surface area contributed by atoms with Crippen LogP contribution in [-0.2, 0) is 20.7 Å². The van der Waals surface area contributed by atoms with Gasteiger partial charge >= 0.3 is 5.97 Å². The molecule has 0 aromatic carbocycles. The van der Waals surface area contributed by atoms with Crippen LogP contribution in [0.25, 0.3) is 5.65 Å². The lowest BCUT2D eigenvalue weighted by Crippen LogP contribution is -2.21. The van der Waals surface area contributed by atoms with Crippen molar-refractivity contribution >= 4 is 17.5 Å². The molecule has 21 heavy (non-hydrogen) atoms. The number of aryl methyl sites for hydroxylation is 3. The Morgan fingerprint density at radius 2 is 2.05 bits per heavy atom. The van der Waals surface area contributed by atoms with Gasteiger partial charge < -0.3 is 10.5 Å². The van der Waals surface area contributed by atoms with Crippen molar-refractivity contribution in [1.82, 2.24) is 14.6 Å². The molecule has 2 rings (SSSR count). The maximum Gasteiger partial charge on any atom is 0.306 e. The minimum atomic E-state index is -0.661. The number of amides is 1. The molecule has 0 atom stereocenters. The lowest BCUT2D eigenvalue weighted by atomic mass is 10.1. The first-order valence-corrected chi connectivity index (χ1v) is 6.65. The fourth-order valence-electron chi connectivity index (χ4n) is 2.25. The second-order valence-corrected chi connectivity index (χ2v) is 4.94. The Balaban J connectivity index is 2.14. The van der Waals surface area contributed by atoms with E-state index in [1.165, 1.54) is 0 Å². The number of esters is 1. The maximum absolute atomic E-state index is 11.5. The molecule has 0 unspecified atom stereocenters. The molecule has 2 aromatic rings. The predicted octanol–water partition coefficient (Wildman–Crippen LogP) is 0.616. The van der Waals surface area contributed by atoms with E-state index in [0.29, 0.717) is 6.42 Å². The van der Waals surface area contributed by atoms with Gasteiger partial charge in [-0.15, -0.1) is 0 Å². The number of fused-ring (bicyclic) bond motifs is 1. The normalized spacial score (nSPS) is 10.8. The van der Waals surface area contributed by atoms with E-state index in [0.717, 1.165) is 28.3 Å². The SMILES string of the molecule is Cc1cc2nc(C)c(CCC(=O)OCC(N)=O)c(C)n2n1. The summed E-state index contributed by atoms with van der Waals surface area (Å²) in [6.45, 7) is 5.37. The highest BCUT2D eigenvalue weighted by molar-refractivity contribution is 5.79. The zero-order valence-corrected chi connectivity index (χ0v) is 12.3. The third-order valence-corrected chi connectivity index (χ3v) is 3.24. The first kappa shape index (κ1) is 15.0. The summed E-state index contributed by atoms with van der Waals surface area (Å²) in [5, 5.41) is 4.38. The van der Waals surface area contributed by atoms with Crippen LogP contribution >= 0.6 is 0 Å². The fourth-order valence-corrected chi connectivity index (χ4v) is 2.25. The topological polar surface area (TPSA) is 99.6 Å². The van der Waals surface area contributed by atoms with E-state index in [2.05, 4.69) is 10.1 Å². The second-order valence-electron chi connectivity index (χ2n) is 4.94. The number of aromatic nitrogens is 3. The molecule has 0 saturated heterocycles. The van der Waals surface area contributed by atoms with E-state index in [-0.39, 0.29) is 13.0 Å². The van der Waals surface area contributed by atoms with E-state index in [1.54, 1.807) is 4.52 Å². The van der Waals surface area contributed by atoms with Crippen LogP contribution in [0.2, 0.25) is 0 Å². The van der Waals surface area contributed by atoms with Gasteiger partial charge in [0.05, 0.1) is 5.69 Å². The minimum Gasteiger partial charge on any atom is -0.456 e. The quantitative estimate of drug-likeness (QED) is 0.813. The van der Waals surface area contributed by atoms with Crippen LogP contribution in [0, 0.1) is 20.8 Å². The average molecular weight is 290 g/mol. The van der Waals surface area contributed by atoms with Gasteiger partial charge in [-0.2, -0.15) is 5.10 Å². The molecule has 0 aliphatic carbocycles. The smallest absolute Gasteiger partial charge is 0.306 e. The Bertz CT molecular complexity index is 706. The van der Waals surface area contributed by atoms with Gasteiger partial charge in [0, 0.05) is 23.9 Å². The van der Waals surface area contributed by atoms with Crippen LogP contribution in [0.1, 0.15) is 29.1 Å². The number of hydrogen-bond acceptors (Lipinski definition) is 5. The number of carbonyl (C=O) groups is 2. The van der Waals surface area contributed by atoms with Crippen molar-refractivity contribution < 1.29 is 14.3 Å². The zero-order valence-electron chi connectivity index (χ0n) is 12.3. The average Bonchev–Trinajstić information content (AvgIpc) is 2.76. The largest absolute Gasteiger partial charge is 0.456 e. The molecule has 0 spiro atoms. The lowest BCUT2D eigenvalue weighted by molar-refractivity contribution is -0.147. The summed E-state index contributed by atoms with van der Waals surface area (Å²) in [6.07, 6.45) is 0.652. The summed E-state index contributed by atoms with van der Waals surface area (Å²) in [5.74, 6) is -1.12. The Morgan fingerprint density at radius 3 is 2.71 bits per heavy atom. The summed E-state index contributed by atoms with van der Waals surface area (Å²) in [7, 11) is 0. The molecule has 2 aromatic heterocycles. The number of carbonyl (C=O) groups excluding carboxylic acids is 2. The lowest BCUT2D eigenvalue weighted by Gasteiger charge is -2.10. The van der Waals surface area contributed by atoms with E-state index in [4.69, 9.17) is 10.5 Å². The van der Waals surface area contributed by atoms with Crippen LogP contribution < -0.4 is 5.73 Å². The molecule has 0 fully saturated rings. The van der Waals surface area contributed by atoms with Gasteiger partial charge in [0.1, 0.15) is 0 Å². The van der Waals surface area contributed by atoms with Crippen molar-refractivity contribution in [2.24, 2.45) is 5.73 Å². The fraction of sp³-hybridized carbons (Fsp3) is 0.429. The Hall–Kier alpha value is -2.44. The molecule has 1 amide bonds. The van der Waals surface area contributed by atoms with Crippen molar-refractivity contribution in [3.8, 4) is 0 Å². The van der Waals surface area contributed by atoms with Gasteiger partial charge in [-0.1, -0.05) is 0 Å². The van der Waals surface area contributed by atoms with Crippen LogP contribution in [0.15, 0.2) is 6.07 Å². The third kappa shape index (κ3) is 3.36. The standard InChI is InChI=1S/C14H18N4O3/c1-8-6-13-16-9(2)11(10(3)18(13)17-8)4-5-14(20)21-7-12(15)19/h6H,4-5,7H2,1-3H3,(H2,15,19). The van der Waals surface area contributed by atoms with E-state index < -0.39 is 11.9 Å². The summed E-state index contributed by atoms with van der Waals surface area (Å²) in [6, 6.07) is 1.91. The third-order valence-electron chi connectivity index (χ3n) is 3.24. The molecule has 0 aliphatic rings. The first-order chi connectivity index (χ1) is 9.88. The van der Waals surface area contributed by atoms with Crippen molar-refractivity contribution in [3.05, 3.63) is 28.7 Å². The van der Waals surface area contributed by atoms with Gasteiger partial charge in [-0.25, -0.2) is 9.50 Å². The molecule has 7 nitrogen and oxygen atoms in total. The summed E-state index contributed by atoms with van der Waals surface area (Å²) in [4.78, 5) is 26.6. The second kappa shape index (κ2) is 5.90. The Kier molecular flexibility index (Phi) is 4.21. The Labute approximate surface area is 122 Å². The Morgan fingerprint density at radius 1 is 1.33 bits per heavy atom. The van der Waals surface area contributed by atoms with Crippen LogP contribution in [0.4, 0.5) is 0 Å². The van der Waals surface area contributed by atoms with Gasteiger partial charge in [0.15, 0.2) is 12.3 Å². The molecule has 0 saturated carbocycles. The molecular formula is C14H18N4O3. The van der Waals surface area contributed by atoms with Gasteiger partial charge in [0.25, 0.3) is 5.91 Å². The molecule has 0 aliphatic heterocycles. The predicted molar refractivity (Wildman–Crippen MR) is 75.7 cm³/mol. The number of rotatable bonds is 5. The first-order valence-electron chi connectivity index (χ1n) is 6.65. The summed E-state index contributed by atoms with van der Waals surface area (Å²) >= 11 is 0. The molecule has 2 heterocycles. The van der Waals surface area contributed by atoms with Crippen molar-refractivity contribution in [2.45, 2.75) is 33.6 Å². The number of nitrogens with zero attached hydrogens (tertiary/aromatic N) is 3. The summed E-state index contributed by atoms with van der Waals surface area (Å²) < 4.78 is 6.51. The van der Waals surface area contributed by atoms with E-state index >= 15 is 0 Å². The van der Waals surface area contributed by atoms with Gasteiger partial charge in [-0.05, 0) is 32.8 Å². The number of primary amides is 1. The molecular weight excluding hydrogens is 272 g/mol. The van der Waals surface area contributed by atoms with E-state index in [1.807, 2.05) is 26.8 Å². The van der Waals surface area contributed by atoms with Gasteiger partial charge in [-0.3, -0.25) is 9.59 Å². The highest BCUT2D eigenvalue weighted by Crippen LogP contribution is 2.17. The minimum absolute atomic E-state index is 0.169. The summed E-state index contributed by atoms with van der Waals surface area (Å²) in [5.41, 5.74) is 9.38. The zero-order chi connectivity index (χ0) is 15.6. The maximum atomic E-state index is 11.5. The van der Waals surface area contributed by atoms with Crippen molar-refractivity contribution in [1.29, 1.82) is 0 Å². The highest BCUT2D eigenvalue weighted by Gasteiger charge is 2.13. The number of hydrogen-bond donors (Lipinski definition) is 1. The van der Waals surface area contributed by atoms with Crippen LogP contribution in [-0.4, -0.2) is 33.1 Å². The molecule has 7 heteroatoms. The molecule has 2 N–H and O–H groups in total. The van der Waals surface area contributed by atoms with Crippen LogP contribution in [0.5, 0.6) is 0 Å². The van der Waals surface area contributed by atoms with Crippen LogP contribution in [0.3, 0.4) is 0 Å². The van der Waals surface area contributed by atoms with Crippen molar-refractivity contribution in [2.75, 3.05) is 6.61 Å². The highest BCUT2D eigenvalue weighted by atomic mass is 16.5. The number of ether oxygens (including phenoxy) is 1. The molecule has 112 valence electrons. The van der Waals surface area contributed by atoms with Crippen molar-refractivity contribution in [3.63, 3.8) is 0 Å². The number of nitrogens with two attached hydrogens (primary N) is 1. The van der Waals surface area contributed by atoms with Gasteiger partial charge in [0.2, 0.25) is 0 Å². The van der Waals surface area contributed by atoms with E-state index in [9.17, 15) is 9.59 Å². The molecule has 0 radical (unpaired) electrons. The monoisotopic (exact) mass is 290 g/mol.